The van der Waals surface area contributed by atoms with Gasteiger partial charge < -0.3 is 4.52 Å². The normalized spacial score (nSPS) is 11.7. The van der Waals surface area contributed by atoms with Crippen LogP contribution in [0.25, 0.3) is 5.69 Å². The lowest BCUT2D eigenvalue weighted by molar-refractivity contribution is 0.392. The Hall–Kier alpha value is -2.41. The van der Waals surface area contributed by atoms with Crippen LogP contribution in [0.4, 0.5) is 0 Å². The number of aromatic nitrogens is 3. The Bertz CT molecular complexity index is 910. The number of sulfone groups is 1. The number of benzene rings is 1. The van der Waals surface area contributed by atoms with E-state index >= 15 is 0 Å². The highest BCUT2D eigenvalue weighted by Crippen LogP contribution is 2.21. The summed E-state index contributed by atoms with van der Waals surface area (Å²) < 4.78 is 31.7. The monoisotopic (exact) mass is 317 g/mol. The summed E-state index contributed by atoms with van der Waals surface area (Å²) in [5.41, 5.74) is 2.13. The maximum absolute atomic E-state index is 12.6. The Kier molecular flexibility index (Phi) is 3.58. The highest BCUT2D eigenvalue weighted by Gasteiger charge is 2.24. The quantitative estimate of drug-likeness (QED) is 0.738. The summed E-state index contributed by atoms with van der Waals surface area (Å²) in [4.78, 5) is 4.02. The van der Waals surface area contributed by atoms with Crippen LogP contribution in [0.3, 0.4) is 0 Å². The average molecular weight is 317 g/mol. The molecule has 0 fully saturated rings. The molecule has 0 bridgehead atoms. The first kappa shape index (κ1) is 14.5. The summed E-state index contributed by atoms with van der Waals surface area (Å²) in [6.45, 7) is 3.64. The van der Waals surface area contributed by atoms with E-state index in [1.807, 2.05) is 31.2 Å². The summed E-state index contributed by atoms with van der Waals surface area (Å²) >= 11 is 0. The molecule has 0 aliphatic carbocycles. The van der Waals surface area contributed by atoms with Crippen molar-refractivity contribution in [2.75, 3.05) is 0 Å². The number of hydrogen-bond donors (Lipinski definition) is 0. The third kappa shape index (κ3) is 2.67. The first-order valence-electron chi connectivity index (χ1n) is 6.72. The maximum atomic E-state index is 12.6. The fourth-order valence-corrected chi connectivity index (χ4v) is 3.62. The minimum atomic E-state index is -3.62. The van der Waals surface area contributed by atoms with Crippen molar-refractivity contribution in [3.63, 3.8) is 0 Å². The van der Waals surface area contributed by atoms with Crippen molar-refractivity contribution < 1.29 is 12.9 Å². The van der Waals surface area contributed by atoms with Gasteiger partial charge in [0.2, 0.25) is 15.0 Å². The highest BCUT2D eigenvalue weighted by atomic mass is 32.2. The average Bonchev–Trinajstić information content (AvgIpc) is 3.08. The van der Waals surface area contributed by atoms with Gasteiger partial charge in [-0.1, -0.05) is 23.4 Å². The Morgan fingerprint density at radius 2 is 2.00 bits per heavy atom. The Labute approximate surface area is 128 Å². The van der Waals surface area contributed by atoms with Gasteiger partial charge in [-0.25, -0.2) is 13.4 Å². The van der Waals surface area contributed by atoms with Crippen molar-refractivity contribution in [1.82, 2.24) is 14.7 Å². The number of nitrogens with zero attached hydrogens (tertiary/aromatic N) is 3. The molecule has 0 spiro atoms. The molecule has 2 heterocycles. The van der Waals surface area contributed by atoms with E-state index < -0.39 is 9.84 Å². The molecule has 1 aromatic carbocycles. The summed E-state index contributed by atoms with van der Waals surface area (Å²) in [5.74, 6) is 0.334. The van der Waals surface area contributed by atoms with Gasteiger partial charge in [0.05, 0.1) is 11.4 Å². The molecule has 0 N–H and O–H groups in total. The van der Waals surface area contributed by atoms with Gasteiger partial charge in [0.1, 0.15) is 11.5 Å². The Morgan fingerprint density at radius 3 is 2.68 bits per heavy atom. The van der Waals surface area contributed by atoms with E-state index in [9.17, 15) is 8.42 Å². The van der Waals surface area contributed by atoms with Gasteiger partial charge in [-0.3, -0.25) is 4.57 Å². The molecule has 0 aliphatic heterocycles. The van der Waals surface area contributed by atoms with Crippen LogP contribution in [0.5, 0.6) is 0 Å². The van der Waals surface area contributed by atoms with Crippen LogP contribution < -0.4 is 0 Å². The van der Waals surface area contributed by atoms with Gasteiger partial charge in [-0.05, 0) is 25.5 Å². The van der Waals surface area contributed by atoms with E-state index in [1.54, 1.807) is 23.8 Å². The van der Waals surface area contributed by atoms with Gasteiger partial charge >= 0.3 is 0 Å². The van der Waals surface area contributed by atoms with E-state index in [1.165, 1.54) is 6.20 Å². The van der Waals surface area contributed by atoms with Crippen LogP contribution in [0.2, 0.25) is 0 Å². The van der Waals surface area contributed by atoms with E-state index in [2.05, 4.69) is 10.1 Å². The summed E-state index contributed by atoms with van der Waals surface area (Å²) in [6.07, 6.45) is 3.12. The van der Waals surface area contributed by atoms with E-state index in [4.69, 9.17) is 4.52 Å². The molecule has 3 aromatic rings. The smallest absolute Gasteiger partial charge is 0.232 e. The summed E-state index contributed by atoms with van der Waals surface area (Å²) in [5, 5.41) is 3.74. The molecule has 0 saturated carbocycles. The molecule has 114 valence electrons. The molecule has 7 heteroatoms. The van der Waals surface area contributed by atoms with Crippen LogP contribution in [0.15, 0.2) is 52.4 Å². The van der Waals surface area contributed by atoms with Crippen molar-refractivity contribution in [3.8, 4) is 5.69 Å². The molecule has 0 unspecified atom stereocenters. The zero-order chi connectivity index (χ0) is 15.7. The number of aryl methyl sites for hydroxylation is 2. The topological polar surface area (TPSA) is 78.0 Å². The fourth-order valence-electron chi connectivity index (χ4n) is 2.28. The van der Waals surface area contributed by atoms with Crippen LogP contribution in [0.1, 0.15) is 17.0 Å². The largest absolute Gasteiger partial charge is 0.361 e. The van der Waals surface area contributed by atoms with Crippen molar-refractivity contribution in [2.24, 2.45) is 0 Å². The second-order valence-corrected chi connectivity index (χ2v) is 6.94. The predicted molar refractivity (Wildman–Crippen MR) is 80.4 cm³/mol. The molecule has 0 radical (unpaired) electrons. The van der Waals surface area contributed by atoms with Crippen molar-refractivity contribution >= 4 is 9.84 Å². The number of imidazole rings is 1. The molecule has 0 aliphatic rings. The Morgan fingerprint density at radius 1 is 1.23 bits per heavy atom. The molecule has 2 aromatic heterocycles. The third-order valence-electron chi connectivity index (χ3n) is 3.27. The molecule has 22 heavy (non-hydrogen) atoms. The molecule has 0 saturated heterocycles. The first-order valence-corrected chi connectivity index (χ1v) is 8.37. The van der Waals surface area contributed by atoms with Gasteiger partial charge in [0, 0.05) is 18.5 Å². The van der Waals surface area contributed by atoms with E-state index in [0.717, 1.165) is 11.3 Å². The zero-order valence-electron chi connectivity index (χ0n) is 12.2. The second kappa shape index (κ2) is 5.42. The van der Waals surface area contributed by atoms with Crippen LogP contribution in [0, 0.1) is 13.8 Å². The lowest BCUT2D eigenvalue weighted by Gasteiger charge is -2.10. The lowest BCUT2D eigenvalue weighted by atomic mass is 10.2. The predicted octanol–water partition coefficient (Wildman–Crippen LogP) is 2.45. The fraction of sp³-hybridized carbons (Fsp3) is 0.200. The second-order valence-electron chi connectivity index (χ2n) is 5.05. The summed E-state index contributed by atoms with van der Waals surface area (Å²) in [6, 6.07) is 9.16. The first-order chi connectivity index (χ1) is 10.5. The number of hydrogen-bond acceptors (Lipinski definition) is 5. The standard InChI is InChI=1S/C15H15N3O3S/c1-11-5-3-4-6-14(11)18-8-7-16-15(18)22(19,20)10-13-9-12(2)21-17-13/h3-9H,10H2,1-2H3. The molecule has 3 rings (SSSR count). The molecular weight excluding hydrogens is 302 g/mol. The van der Waals surface area contributed by atoms with Crippen LogP contribution in [-0.4, -0.2) is 23.1 Å². The SMILES string of the molecule is Cc1cc(CS(=O)(=O)c2nccn2-c2ccccc2C)no1. The number of rotatable bonds is 4. The van der Waals surface area contributed by atoms with Crippen molar-refractivity contribution in [2.45, 2.75) is 24.8 Å². The Balaban J connectivity index is 2.03. The van der Waals surface area contributed by atoms with E-state index in [-0.39, 0.29) is 10.9 Å². The lowest BCUT2D eigenvalue weighted by Crippen LogP contribution is -2.12. The molecular formula is C15H15N3O3S. The van der Waals surface area contributed by atoms with Crippen LogP contribution in [-0.2, 0) is 15.6 Å². The third-order valence-corrected chi connectivity index (χ3v) is 4.81. The number of para-hydroxylation sites is 1. The highest BCUT2D eigenvalue weighted by molar-refractivity contribution is 7.90. The van der Waals surface area contributed by atoms with Gasteiger partial charge in [-0.2, -0.15) is 0 Å². The summed E-state index contributed by atoms with van der Waals surface area (Å²) in [7, 11) is -3.62. The van der Waals surface area contributed by atoms with Crippen molar-refractivity contribution in [3.05, 3.63) is 59.7 Å². The maximum Gasteiger partial charge on any atom is 0.232 e. The molecule has 6 nitrogen and oxygen atoms in total. The van der Waals surface area contributed by atoms with Gasteiger partial charge in [0.15, 0.2) is 0 Å². The van der Waals surface area contributed by atoms with E-state index in [0.29, 0.717) is 11.5 Å². The molecule has 0 amide bonds. The van der Waals surface area contributed by atoms with Crippen LogP contribution >= 0.6 is 0 Å². The van der Waals surface area contributed by atoms with Gasteiger partial charge in [0.25, 0.3) is 0 Å². The van der Waals surface area contributed by atoms with Gasteiger partial charge in [-0.15, -0.1) is 0 Å². The minimum absolute atomic E-state index is 0.00227. The van der Waals surface area contributed by atoms with Crippen molar-refractivity contribution in [1.29, 1.82) is 0 Å². The molecule has 0 atom stereocenters. The minimum Gasteiger partial charge on any atom is -0.361 e. The zero-order valence-corrected chi connectivity index (χ0v) is 13.0.